The lowest BCUT2D eigenvalue weighted by Crippen LogP contribution is -2.33. The molecular formula is C15H19NO4S. The average molecular weight is 309 g/mol. The molecule has 0 radical (unpaired) electrons. The summed E-state index contributed by atoms with van der Waals surface area (Å²) in [4.78, 5) is 24.4. The molecule has 1 atom stereocenters. The van der Waals surface area contributed by atoms with E-state index in [1.807, 2.05) is 31.2 Å². The highest BCUT2D eigenvalue weighted by Crippen LogP contribution is 2.22. The molecule has 1 saturated heterocycles. The fourth-order valence-corrected chi connectivity index (χ4v) is 2.93. The standard InChI is InChI=1S/C15H19NO4S/c1-11(9-14(17)16-7-8-20-15(16)18)21-10-12-3-5-13(19-2)6-4-12/h3-6,11H,7-10H2,1-2H3/t11-/m1/s1. The van der Waals surface area contributed by atoms with Gasteiger partial charge in [-0.05, 0) is 17.7 Å². The lowest BCUT2D eigenvalue weighted by atomic mass is 10.2. The topological polar surface area (TPSA) is 55.8 Å². The van der Waals surface area contributed by atoms with E-state index >= 15 is 0 Å². The van der Waals surface area contributed by atoms with Crippen LogP contribution in [0.2, 0.25) is 0 Å². The Morgan fingerprint density at radius 3 is 2.71 bits per heavy atom. The van der Waals surface area contributed by atoms with Crippen LogP contribution in [0.5, 0.6) is 5.75 Å². The van der Waals surface area contributed by atoms with Crippen molar-refractivity contribution in [2.75, 3.05) is 20.3 Å². The third kappa shape index (κ3) is 4.39. The Balaban J connectivity index is 1.77. The molecule has 0 N–H and O–H groups in total. The number of imide groups is 1. The van der Waals surface area contributed by atoms with Gasteiger partial charge in [0.1, 0.15) is 12.4 Å². The van der Waals surface area contributed by atoms with Gasteiger partial charge in [-0.3, -0.25) is 4.79 Å². The van der Waals surface area contributed by atoms with E-state index in [0.29, 0.717) is 19.6 Å². The summed E-state index contributed by atoms with van der Waals surface area (Å²) in [5, 5.41) is 0.146. The zero-order chi connectivity index (χ0) is 15.2. The van der Waals surface area contributed by atoms with E-state index in [1.54, 1.807) is 18.9 Å². The number of amides is 2. The molecule has 0 aliphatic carbocycles. The van der Waals surface area contributed by atoms with Crippen LogP contribution >= 0.6 is 11.8 Å². The normalized spacial score (nSPS) is 15.7. The lowest BCUT2D eigenvalue weighted by Gasteiger charge is -2.15. The summed E-state index contributed by atoms with van der Waals surface area (Å²) in [6.45, 7) is 2.67. The van der Waals surface area contributed by atoms with Gasteiger partial charge in [-0.1, -0.05) is 19.1 Å². The van der Waals surface area contributed by atoms with E-state index in [2.05, 4.69) is 0 Å². The second-order valence-electron chi connectivity index (χ2n) is 4.83. The van der Waals surface area contributed by atoms with Crippen LogP contribution in [0.1, 0.15) is 18.9 Å². The monoisotopic (exact) mass is 309 g/mol. The average Bonchev–Trinajstić information content (AvgIpc) is 2.92. The lowest BCUT2D eigenvalue weighted by molar-refractivity contribution is -0.127. The molecule has 0 bridgehead atoms. The van der Waals surface area contributed by atoms with Crippen molar-refractivity contribution < 1.29 is 19.1 Å². The Kier molecular flexibility index (Phi) is 5.50. The van der Waals surface area contributed by atoms with Gasteiger partial charge in [0, 0.05) is 17.4 Å². The zero-order valence-electron chi connectivity index (χ0n) is 12.2. The smallest absolute Gasteiger partial charge is 0.416 e. The molecule has 2 amide bonds. The number of cyclic esters (lactones) is 1. The van der Waals surface area contributed by atoms with Gasteiger partial charge in [0.05, 0.1) is 13.7 Å². The highest BCUT2D eigenvalue weighted by molar-refractivity contribution is 7.99. The van der Waals surface area contributed by atoms with Crippen LogP contribution in [0.3, 0.4) is 0 Å². The zero-order valence-corrected chi connectivity index (χ0v) is 13.0. The summed E-state index contributed by atoms with van der Waals surface area (Å²) >= 11 is 1.69. The van der Waals surface area contributed by atoms with Gasteiger partial charge >= 0.3 is 6.09 Å². The van der Waals surface area contributed by atoms with Crippen LogP contribution in [0.25, 0.3) is 0 Å². The molecular weight excluding hydrogens is 290 g/mol. The quantitative estimate of drug-likeness (QED) is 0.808. The summed E-state index contributed by atoms with van der Waals surface area (Å²) in [7, 11) is 1.64. The van der Waals surface area contributed by atoms with Gasteiger partial charge in [-0.2, -0.15) is 11.8 Å². The number of carbonyl (C=O) groups excluding carboxylic acids is 2. The fraction of sp³-hybridized carbons (Fsp3) is 0.467. The molecule has 1 aromatic rings. The number of thioether (sulfide) groups is 1. The van der Waals surface area contributed by atoms with Crippen molar-refractivity contribution in [1.29, 1.82) is 0 Å². The molecule has 0 aromatic heterocycles. The number of hydrogen-bond acceptors (Lipinski definition) is 5. The Hall–Kier alpha value is -1.69. The van der Waals surface area contributed by atoms with Crippen molar-refractivity contribution in [3.8, 4) is 5.75 Å². The minimum absolute atomic E-state index is 0.146. The van der Waals surface area contributed by atoms with Crippen LogP contribution < -0.4 is 4.74 Å². The predicted octanol–water partition coefficient (Wildman–Crippen LogP) is 2.69. The first-order valence-electron chi connectivity index (χ1n) is 6.82. The van der Waals surface area contributed by atoms with Crippen LogP contribution in [0, 0.1) is 0 Å². The Bertz CT molecular complexity index is 503. The Morgan fingerprint density at radius 2 is 2.14 bits per heavy atom. The van der Waals surface area contributed by atoms with Gasteiger partial charge < -0.3 is 9.47 Å². The van der Waals surface area contributed by atoms with Crippen LogP contribution in [-0.2, 0) is 15.3 Å². The third-order valence-electron chi connectivity index (χ3n) is 3.22. The van der Waals surface area contributed by atoms with E-state index in [1.165, 1.54) is 10.5 Å². The predicted molar refractivity (Wildman–Crippen MR) is 81.4 cm³/mol. The Labute approximate surface area is 128 Å². The first-order valence-corrected chi connectivity index (χ1v) is 7.86. The van der Waals surface area contributed by atoms with Crippen LogP contribution in [0.15, 0.2) is 24.3 Å². The summed E-state index contributed by atoms with van der Waals surface area (Å²) in [6, 6.07) is 7.87. The first kappa shape index (κ1) is 15.7. The summed E-state index contributed by atoms with van der Waals surface area (Å²) < 4.78 is 9.88. The maximum Gasteiger partial charge on any atom is 0.416 e. The van der Waals surface area contributed by atoms with Crippen LogP contribution in [0.4, 0.5) is 4.79 Å². The molecule has 5 nitrogen and oxygen atoms in total. The van der Waals surface area contributed by atoms with E-state index in [0.717, 1.165) is 11.5 Å². The molecule has 1 fully saturated rings. The van der Waals surface area contributed by atoms with E-state index in [4.69, 9.17) is 9.47 Å². The van der Waals surface area contributed by atoms with Crippen molar-refractivity contribution in [1.82, 2.24) is 4.90 Å². The highest BCUT2D eigenvalue weighted by atomic mass is 32.2. The number of methoxy groups -OCH3 is 1. The second-order valence-corrected chi connectivity index (χ2v) is 6.26. The molecule has 0 spiro atoms. The van der Waals surface area contributed by atoms with E-state index < -0.39 is 6.09 Å². The van der Waals surface area contributed by atoms with Gasteiger partial charge in [-0.25, -0.2) is 9.69 Å². The third-order valence-corrected chi connectivity index (χ3v) is 4.45. The van der Waals surface area contributed by atoms with Gasteiger partial charge in [0.2, 0.25) is 5.91 Å². The molecule has 2 rings (SSSR count). The number of benzene rings is 1. The highest BCUT2D eigenvalue weighted by Gasteiger charge is 2.28. The molecule has 0 unspecified atom stereocenters. The molecule has 6 heteroatoms. The van der Waals surface area contributed by atoms with Crippen molar-refractivity contribution in [2.45, 2.75) is 24.3 Å². The number of ether oxygens (including phenoxy) is 2. The first-order chi connectivity index (χ1) is 10.1. The molecule has 0 saturated carbocycles. The number of hydrogen-bond donors (Lipinski definition) is 0. The maximum atomic E-state index is 12.0. The van der Waals surface area contributed by atoms with Crippen LogP contribution in [-0.4, -0.2) is 42.4 Å². The van der Waals surface area contributed by atoms with Crippen molar-refractivity contribution in [3.05, 3.63) is 29.8 Å². The van der Waals surface area contributed by atoms with Gasteiger partial charge in [0.15, 0.2) is 0 Å². The summed E-state index contributed by atoms with van der Waals surface area (Å²) in [5.41, 5.74) is 1.18. The van der Waals surface area contributed by atoms with Crippen molar-refractivity contribution in [3.63, 3.8) is 0 Å². The van der Waals surface area contributed by atoms with Crippen molar-refractivity contribution in [2.24, 2.45) is 0 Å². The largest absolute Gasteiger partial charge is 0.497 e. The Morgan fingerprint density at radius 1 is 1.43 bits per heavy atom. The summed E-state index contributed by atoms with van der Waals surface area (Å²) in [6.07, 6.45) is -0.178. The number of rotatable bonds is 6. The van der Waals surface area contributed by atoms with Crippen molar-refractivity contribution >= 4 is 23.8 Å². The molecule has 21 heavy (non-hydrogen) atoms. The van der Waals surface area contributed by atoms with E-state index in [-0.39, 0.29) is 11.2 Å². The molecule has 1 heterocycles. The molecule has 1 aromatic carbocycles. The second kappa shape index (κ2) is 7.36. The number of carbonyl (C=O) groups is 2. The molecule has 1 aliphatic rings. The summed E-state index contributed by atoms with van der Waals surface area (Å²) in [5.74, 6) is 1.50. The molecule has 1 aliphatic heterocycles. The molecule has 114 valence electrons. The van der Waals surface area contributed by atoms with Gasteiger partial charge in [0.25, 0.3) is 0 Å². The fourth-order valence-electron chi connectivity index (χ4n) is 2.00. The minimum Gasteiger partial charge on any atom is -0.497 e. The minimum atomic E-state index is -0.521. The SMILES string of the molecule is COc1ccc(CS[C@H](C)CC(=O)N2CCOC2=O)cc1. The van der Waals surface area contributed by atoms with Gasteiger partial charge in [-0.15, -0.1) is 0 Å². The number of nitrogens with zero attached hydrogens (tertiary/aromatic N) is 1. The van der Waals surface area contributed by atoms with E-state index in [9.17, 15) is 9.59 Å². The maximum absolute atomic E-state index is 12.0.